The van der Waals surface area contributed by atoms with Gasteiger partial charge < -0.3 is 4.98 Å². The van der Waals surface area contributed by atoms with Crippen molar-refractivity contribution in [1.82, 2.24) is 24.6 Å². The van der Waals surface area contributed by atoms with Crippen molar-refractivity contribution in [2.24, 2.45) is 7.05 Å². The summed E-state index contributed by atoms with van der Waals surface area (Å²) in [7, 11) is 1.89. The maximum Gasteiger partial charge on any atom is 0.416 e. The summed E-state index contributed by atoms with van der Waals surface area (Å²) in [6, 6.07) is 14.6. The second kappa shape index (κ2) is 8.57. The lowest BCUT2D eigenvalue weighted by Gasteiger charge is -2.27. The van der Waals surface area contributed by atoms with Crippen molar-refractivity contribution in [1.29, 1.82) is 0 Å². The summed E-state index contributed by atoms with van der Waals surface area (Å²) in [5.74, 6) is 0.282. The van der Waals surface area contributed by atoms with E-state index < -0.39 is 11.7 Å². The molecular formula is C25H22F3N5O. The van der Waals surface area contributed by atoms with Gasteiger partial charge in [0, 0.05) is 56.0 Å². The molecule has 2 aromatic carbocycles. The fourth-order valence-electron chi connectivity index (χ4n) is 4.30. The number of nitrogens with one attached hydrogen (secondary N) is 1. The van der Waals surface area contributed by atoms with Crippen LogP contribution in [0.15, 0.2) is 65.6 Å². The van der Waals surface area contributed by atoms with Crippen LogP contribution in [-0.2, 0) is 32.7 Å². The van der Waals surface area contributed by atoms with E-state index in [1.165, 1.54) is 12.1 Å². The molecule has 174 valence electrons. The van der Waals surface area contributed by atoms with Gasteiger partial charge in [0.25, 0.3) is 5.56 Å². The Bertz CT molecular complexity index is 1370. The molecule has 4 aromatic rings. The van der Waals surface area contributed by atoms with E-state index in [1.54, 1.807) is 4.68 Å². The van der Waals surface area contributed by atoms with Gasteiger partial charge in [-0.15, -0.1) is 0 Å². The van der Waals surface area contributed by atoms with Crippen LogP contribution < -0.4 is 5.56 Å². The minimum absolute atomic E-state index is 0.265. The van der Waals surface area contributed by atoms with Crippen molar-refractivity contribution in [3.63, 3.8) is 0 Å². The van der Waals surface area contributed by atoms with Crippen molar-refractivity contribution < 1.29 is 13.2 Å². The maximum absolute atomic E-state index is 12.9. The van der Waals surface area contributed by atoms with Gasteiger partial charge in [0.05, 0.1) is 22.5 Å². The fraction of sp³-hybridized carbons (Fsp3) is 0.240. The molecule has 5 rings (SSSR count). The monoisotopic (exact) mass is 465 g/mol. The highest BCUT2D eigenvalue weighted by atomic mass is 19.4. The molecule has 0 unspecified atom stereocenters. The van der Waals surface area contributed by atoms with E-state index >= 15 is 0 Å². The average molecular weight is 465 g/mol. The summed E-state index contributed by atoms with van der Waals surface area (Å²) >= 11 is 0. The molecule has 0 spiro atoms. The van der Waals surface area contributed by atoms with Gasteiger partial charge in [-0.1, -0.05) is 42.5 Å². The summed E-state index contributed by atoms with van der Waals surface area (Å²) in [5, 5.41) is 4.61. The lowest BCUT2D eigenvalue weighted by molar-refractivity contribution is -0.137. The highest BCUT2D eigenvalue weighted by Gasteiger charge is 2.30. The Labute approximate surface area is 193 Å². The average Bonchev–Trinajstić information content (AvgIpc) is 3.19. The molecule has 2 aromatic heterocycles. The number of hydrogen-bond acceptors (Lipinski definition) is 4. The van der Waals surface area contributed by atoms with Crippen LogP contribution in [0.3, 0.4) is 0 Å². The third kappa shape index (κ3) is 4.38. The van der Waals surface area contributed by atoms with Crippen LogP contribution in [0.5, 0.6) is 0 Å². The second-order valence-electron chi connectivity index (χ2n) is 8.42. The lowest BCUT2D eigenvalue weighted by atomic mass is 10.0. The molecule has 34 heavy (non-hydrogen) atoms. The van der Waals surface area contributed by atoms with Gasteiger partial charge in [0.2, 0.25) is 0 Å². The zero-order chi connectivity index (χ0) is 23.9. The molecule has 0 amide bonds. The number of benzene rings is 2. The van der Waals surface area contributed by atoms with E-state index in [9.17, 15) is 18.0 Å². The van der Waals surface area contributed by atoms with Crippen molar-refractivity contribution in [2.75, 3.05) is 6.54 Å². The van der Waals surface area contributed by atoms with E-state index in [4.69, 9.17) is 0 Å². The number of H-pyrrole nitrogens is 1. The van der Waals surface area contributed by atoms with Crippen molar-refractivity contribution >= 4 is 0 Å². The zero-order valence-corrected chi connectivity index (χ0v) is 18.4. The summed E-state index contributed by atoms with van der Waals surface area (Å²) < 4.78 is 40.3. The number of hydrogen-bond donors (Lipinski definition) is 1. The molecule has 1 N–H and O–H groups in total. The molecule has 0 atom stereocenters. The number of nitrogens with zero attached hydrogens (tertiary/aromatic N) is 4. The van der Waals surface area contributed by atoms with Crippen molar-refractivity contribution in [3.8, 4) is 22.6 Å². The van der Waals surface area contributed by atoms with Crippen molar-refractivity contribution in [3.05, 3.63) is 93.5 Å². The zero-order valence-electron chi connectivity index (χ0n) is 18.4. The first-order valence-electron chi connectivity index (χ1n) is 10.9. The van der Waals surface area contributed by atoms with Crippen molar-refractivity contribution in [2.45, 2.75) is 25.7 Å². The van der Waals surface area contributed by atoms with E-state index in [1.807, 2.05) is 43.6 Å². The fourth-order valence-corrected chi connectivity index (χ4v) is 4.30. The van der Waals surface area contributed by atoms with Crippen LogP contribution in [-0.4, -0.2) is 31.2 Å². The van der Waals surface area contributed by atoms with Gasteiger partial charge in [0.15, 0.2) is 0 Å². The lowest BCUT2D eigenvalue weighted by Crippen LogP contribution is -2.35. The summed E-state index contributed by atoms with van der Waals surface area (Å²) in [6.07, 6.45) is -1.84. The van der Waals surface area contributed by atoms with Gasteiger partial charge >= 0.3 is 6.18 Å². The predicted molar refractivity (Wildman–Crippen MR) is 122 cm³/mol. The Hall–Kier alpha value is -3.72. The predicted octanol–water partition coefficient (Wildman–Crippen LogP) is 4.41. The minimum Gasteiger partial charge on any atom is -0.306 e. The number of halogens is 3. The van der Waals surface area contributed by atoms with Crippen LogP contribution in [0, 0.1) is 0 Å². The Morgan fingerprint density at radius 1 is 1.03 bits per heavy atom. The topological polar surface area (TPSA) is 66.8 Å². The first-order chi connectivity index (χ1) is 16.3. The molecule has 1 aliphatic heterocycles. The molecule has 0 saturated heterocycles. The van der Waals surface area contributed by atoms with E-state index in [2.05, 4.69) is 20.0 Å². The summed E-state index contributed by atoms with van der Waals surface area (Å²) in [6.45, 7) is 1.78. The third-order valence-corrected chi connectivity index (χ3v) is 5.98. The Morgan fingerprint density at radius 3 is 2.47 bits per heavy atom. The smallest absolute Gasteiger partial charge is 0.306 e. The van der Waals surface area contributed by atoms with Gasteiger partial charge in [-0.25, -0.2) is 4.98 Å². The first-order valence-corrected chi connectivity index (χ1v) is 10.9. The number of rotatable bonds is 4. The SMILES string of the molecule is Cn1cc(CN2CCc3nc(-c4ccc(C(F)(F)F)cc4)[nH]c(=O)c3C2)c(-c2ccccc2)n1. The molecule has 0 aliphatic carbocycles. The van der Waals surface area contributed by atoms with E-state index in [0.29, 0.717) is 42.9 Å². The number of aromatic nitrogens is 4. The molecular weight excluding hydrogens is 443 g/mol. The highest BCUT2D eigenvalue weighted by molar-refractivity contribution is 5.62. The van der Waals surface area contributed by atoms with Crippen LogP contribution >= 0.6 is 0 Å². The number of aryl methyl sites for hydroxylation is 1. The number of aromatic amines is 1. The highest BCUT2D eigenvalue weighted by Crippen LogP contribution is 2.30. The molecule has 1 aliphatic rings. The normalized spacial score (nSPS) is 14.2. The standard InChI is InChI=1S/C25H22F3N5O/c1-32-13-18(22(31-32)16-5-3-2-4-6-16)14-33-12-11-21-20(15-33)24(34)30-23(29-21)17-7-9-19(10-8-17)25(26,27)28/h2-10,13H,11-12,14-15H2,1H3,(H,29,30,34). The van der Waals surface area contributed by atoms with Gasteiger partial charge in [-0.2, -0.15) is 18.3 Å². The van der Waals surface area contributed by atoms with Crippen LogP contribution in [0.1, 0.15) is 22.4 Å². The summed E-state index contributed by atoms with van der Waals surface area (Å²) in [5.41, 5.74) is 3.74. The maximum atomic E-state index is 12.9. The largest absolute Gasteiger partial charge is 0.416 e. The van der Waals surface area contributed by atoms with Gasteiger partial charge in [-0.05, 0) is 12.1 Å². The molecule has 0 radical (unpaired) electrons. The molecule has 0 fully saturated rings. The Morgan fingerprint density at radius 2 is 1.76 bits per heavy atom. The van der Waals surface area contributed by atoms with Crippen LogP contribution in [0.4, 0.5) is 13.2 Å². The van der Waals surface area contributed by atoms with Gasteiger partial charge in [0.1, 0.15) is 5.82 Å². The number of fused-ring (bicyclic) bond motifs is 1. The van der Waals surface area contributed by atoms with E-state index in [-0.39, 0.29) is 11.4 Å². The Balaban J connectivity index is 1.37. The molecule has 6 nitrogen and oxygen atoms in total. The Kier molecular flexibility index (Phi) is 5.57. The third-order valence-electron chi connectivity index (χ3n) is 5.98. The van der Waals surface area contributed by atoms with Crippen LogP contribution in [0.25, 0.3) is 22.6 Å². The minimum atomic E-state index is -4.41. The molecule has 0 saturated carbocycles. The summed E-state index contributed by atoms with van der Waals surface area (Å²) in [4.78, 5) is 22.3. The molecule has 3 heterocycles. The first kappa shape index (κ1) is 22.1. The molecule has 9 heteroatoms. The van der Waals surface area contributed by atoms with Gasteiger partial charge in [-0.3, -0.25) is 14.4 Å². The number of alkyl halides is 3. The second-order valence-corrected chi connectivity index (χ2v) is 8.42. The molecule has 0 bridgehead atoms. The van der Waals surface area contributed by atoms with E-state index in [0.717, 1.165) is 29.0 Å². The quantitative estimate of drug-likeness (QED) is 0.485. The van der Waals surface area contributed by atoms with Crippen LogP contribution in [0.2, 0.25) is 0 Å².